The average molecular weight is 389 g/mol. The summed E-state index contributed by atoms with van der Waals surface area (Å²) in [6, 6.07) is 39.6. The summed E-state index contributed by atoms with van der Waals surface area (Å²) in [4.78, 5) is 0. The molecule has 0 unspecified atom stereocenters. The number of rotatable bonds is 2. The predicted molar refractivity (Wildman–Crippen MR) is 131 cm³/mol. The molecule has 6 aromatic carbocycles. The van der Waals surface area contributed by atoms with Gasteiger partial charge in [-0.25, -0.2) is 0 Å². The Labute approximate surface area is 177 Å². The lowest BCUT2D eigenvalue weighted by molar-refractivity contribution is 1.62. The topological polar surface area (TPSA) is 0 Å². The maximum Gasteiger partial charge on any atom is -0.00201 e. The Hall–Kier alpha value is -3.29. The van der Waals surface area contributed by atoms with Gasteiger partial charge in [-0.05, 0) is 60.6 Å². The van der Waals surface area contributed by atoms with Gasteiger partial charge in [-0.15, -0.1) is 0 Å². The maximum absolute atomic E-state index is 2.37. The second-order valence-electron chi connectivity index (χ2n) is 7.39. The Kier molecular flexibility index (Phi) is 4.26. The third-order valence-corrected chi connectivity index (χ3v) is 5.79. The lowest BCUT2D eigenvalue weighted by Gasteiger charge is -2.18. The van der Waals surface area contributed by atoms with Crippen molar-refractivity contribution < 1.29 is 0 Å². The van der Waals surface area contributed by atoms with Crippen LogP contribution in [0.25, 0.3) is 54.6 Å². The van der Waals surface area contributed by atoms with Gasteiger partial charge in [0.1, 0.15) is 0 Å². The fourth-order valence-corrected chi connectivity index (χ4v) is 4.57. The molecule has 0 saturated carbocycles. The van der Waals surface area contributed by atoms with Crippen LogP contribution >= 0.6 is 13.5 Å². The standard InChI is InChI=1S/C28H18.H2S/c1-3-8-19(9-4-1)25-18-23-15-14-21-12-7-13-22-16-17-24(28(23)26(21)22)27(25)20-10-5-2-6-11-20;/h1-18H;1H2. The van der Waals surface area contributed by atoms with Gasteiger partial charge in [0.2, 0.25) is 0 Å². The van der Waals surface area contributed by atoms with Crippen LogP contribution in [0.3, 0.4) is 0 Å². The van der Waals surface area contributed by atoms with E-state index < -0.39 is 0 Å². The molecular formula is C28H20S. The van der Waals surface area contributed by atoms with E-state index in [1.165, 1.54) is 54.6 Å². The summed E-state index contributed by atoms with van der Waals surface area (Å²) < 4.78 is 0. The molecular weight excluding hydrogens is 368 g/mol. The van der Waals surface area contributed by atoms with Gasteiger partial charge in [-0.3, -0.25) is 0 Å². The highest BCUT2D eigenvalue weighted by Gasteiger charge is 2.16. The van der Waals surface area contributed by atoms with E-state index in [-0.39, 0.29) is 13.5 Å². The van der Waals surface area contributed by atoms with Gasteiger partial charge in [-0.2, -0.15) is 13.5 Å². The number of hydrogen-bond donors (Lipinski definition) is 0. The Bertz CT molecular complexity index is 1420. The number of benzene rings is 6. The van der Waals surface area contributed by atoms with Crippen LogP contribution < -0.4 is 0 Å². The molecule has 0 amide bonds. The molecule has 138 valence electrons. The predicted octanol–water partition coefficient (Wildman–Crippen LogP) is 8.03. The number of hydrogen-bond acceptors (Lipinski definition) is 0. The zero-order valence-corrected chi connectivity index (χ0v) is 16.9. The minimum atomic E-state index is 0. The molecule has 0 spiro atoms. The van der Waals surface area contributed by atoms with Gasteiger partial charge in [-0.1, -0.05) is 103 Å². The lowest BCUT2D eigenvalue weighted by Crippen LogP contribution is -1.91. The zero-order valence-electron chi connectivity index (χ0n) is 15.9. The quantitative estimate of drug-likeness (QED) is 0.263. The van der Waals surface area contributed by atoms with E-state index in [9.17, 15) is 0 Å². The largest absolute Gasteiger partial charge is 0.197 e. The van der Waals surface area contributed by atoms with Gasteiger partial charge in [0.25, 0.3) is 0 Å². The third kappa shape index (κ3) is 2.70. The highest BCUT2D eigenvalue weighted by Crippen LogP contribution is 2.44. The monoisotopic (exact) mass is 388 g/mol. The molecule has 1 heteroatoms. The molecule has 0 bridgehead atoms. The maximum atomic E-state index is 2.37. The minimum absolute atomic E-state index is 0. The van der Waals surface area contributed by atoms with Crippen molar-refractivity contribution in [2.75, 3.05) is 0 Å². The van der Waals surface area contributed by atoms with E-state index in [1.807, 2.05) is 0 Å². The highest BCUT2D eigenvalue weighted by atomic mass is 32.1. The molecule has 0 aliphatic rings. The molecule has 29 heavy (non-hydrogen) atoms. The Morgan fingerprint density at radius 3 is 1.69 bits per heavy atom. The van der Waals surface area contributed by atoms with Crippen molar-refractivity contribution >= 4 is 45.8 Å². The summed E-state index contributed by atoms with van der Waals surface area (Å²) in [6.07, 6.45) is 0. The van der Waals surface area contributed by atoms with Gasteiger partial charge in [0.05, 0.1) is 0 Å². The second kappa shape index (κ2) is 6.95. The summed E-state index contributed by atoms with van der Waals surface area (Å²) in [7, 11) is 0. The second-order valence-corrected chi connectivity index (χ2v) is 7.39. The molecule has 6 rings (SSSR count). The van der Waals surface area contributed by atoms with Crippen molar-refractivity contribution in [2.45, 2.75) is 0 Å². The first-order valence-electron chi connectivity index (χ1n) is 9.71. The molecule has 0 heterocycles. The van der Waals surface area contributed by atoms with Crippen LogP contribution in [0.5, 0.6) is 0 Å². The van der Waals surface area contributed by atoms with Crippen LogP contribution in [0, 0.1) is 0 Å². The molecule has 0 aromatic heterocycles. The van der Waals surface area contributed by atoms with E-state index in [2.05, 4.69) is 109 Å². The average Bonchev–Trinajstić information content (AvgIpc) is 2.78. The van der Waals surface area contributed by atoms with Crippen LogP contribution in [-0.2, 0) is 0 Å². The van der Waals surface area contributed by atoms with Crippen LogP contribution in [0.15, 0.2) is 109 Å². The van der Waals surface area contributed by atoms with Crippen molar-refractivity contribution in [3.8, 4) is 22.3 Å². The van der Waals surface area contributed by atoms with Crippen molar-refractivity contribution in [3.63, 3.8) is 0 Å². The normalized spacial score (nSPS) is 11.2. The SMILES string of the molecule is S.c1ccc(-c2cc3ccc4cccc5ccc(c2-c2ccccc2)c3c45)cc1. The van der Waals surface area contributed by atoms with Crippen molar-refractivity contribution in [3.05, 3.63) is 109 Å². The van der Waals surface area contributed by atoms with E-state index >= 15 is 0 Å². The summed E-state index contributed by atoms with van der Waals surface area (Å²) in [5.41, 5.74) is 5.13. The van der Waals surface area contributed by atoms with E-state index in [0.29, 0.717) is 0 Å². The fraction of sp³-hybridized carbons (Fsp3) is 0. The van der Waals surface area contributed by atoms with Crippen LogP contribution in [0.2, 0.25) is 0 Å². The van der Waals surface area contributed by atoms with Crippen molar-refractivity contribution in [2.24, 2.45) is 0 Å². The third-order valence-electron chi connectivity index (χ3n) is 5.79. The van der Waals surface area contributed by atoms with Crippen LogP contribution in [0.4, 0.5) is 0 Å². The van der Waals surface area contributed by atoms with E-state index in [0.717, 1.165) is 0 Å². The van der Waals surface area contributed by atoms with E-state index in [1.54, 1.807) is 0 Å². The first-order chi connectivity index (χ1) is 13.9. The molecule has 0 nitrogen and oxygen atoms in total. The van der Waals surface area contributed by atoms with Gasteiger partial charge < -0.3 is 0 Å². The molecule has 0 atom stereocenters. The first kappa shape index (κ1) is 17.8. The lowest BCUT2D eigenvalue weighted by atomic mass is 9.85. The molecule has 0 saturated heterocycles. The van der Waals surface area contributed by atoms with Crippen LogP contribution in [0.1, 0.15) is 0 Å². The Morgan fingerprint density at radius 2 is 1.00 bits per heavy atom. The summed E-state index contributed by atoms with van der Waals surface area (Å²) in [5, 5.41) is 7.98. The van der Waals surface area contributed by atoms with Crippen molar-refractivity contribution in [1.29, 1.82) is 0 Å². The van der Waals surface area contributed by atoms with Gasteiger partial charge in [0.15, 0.2) is 0 Å². The summed E-state index contributed by atoms with van der Waals surface area (Å²) in [6.45, 7) is 0. The summed E-state index contributed by atoms with van der Waals surface area (Å²) in [5.74, 6) is 0. The minimum Gasteiger partial charge on any atom is -0.197 e. The molecule has 0 aliphatic carbocycles. The smallest absolute Gasteiger partial charge is 0.00201 e. The molecule has 6 aromatic rings. The highest BCUT2D eigenvalue weighted by molar-refractivity contribution is 7.59. The van der Waals surface area contributed by atoms with Crippen molar-refractivity contribution in [1.82, 2.24) is 0 Å². The van der Waals surface area contributed by atoms with Crippen LogP contribution in [-0.4, -0.2) is 0 Å². The first-order valence-corrected chi connectivity index (χ1v) is 9.71. The fourth-order valence-electron chi connectivity index (χ4n) is 4.57. The molecule has 0 N–H and O–H groups in total. The molecule has 0 aliphatic heterocycles. The van der Waals surface area contributed by atoms with Gasteiger partial charge >= 0.3 is 0 Å². The molecule has 0 fully saturated rings. The van der Waals surface area contributed by atoms with Gasteiger partial charge in [0, 0.05) is 0 Å². The zero-order chi connectivity index (χ0) is 18.5. The summed E-state index contributed by atoms with van der Waals surface area (Å²) >= 11 is 0. The Morgan fingerprint density at radius 1 is 0.414 bits per heavy atom. The van der Waals surface area contributed by atoms with E-state index in [4.69, 9.17) is 0 Å². The molecule has 0 radical (unpaired) electrons. The Balaban J connectivity index is 0.00000181.